The summed E-state index contributed by atoms with van der Waals surface area (Å²) in [4.78, 5) is 16.2. The third kappa shape index (κ3) is 4.66. The molecule has 0 atom stereocenters. The van der Waals surface area contributed by atoms with Crippen LogP contribution in [0.4, 0.5) is 0 Å². The summed E-state index contributed by atoms with van der Waals surface area (Å²) in [6.45, 7) is 2.69. The first-order valence-corrected chi connectivity index (χ1v) is 6.75. The molecule has 7 nitrogen and oxygen atoms in total. The van der Waals surface area contributed by atoms with Crippen LogP contribution >= 0.6 is 0 Å². The zero-order chi connectivity index (χ0) is 14.9. The molecule has 2 rings (SSSR count). The van der Waals surface area contributed by atoms with E-state index in [1.165, 1.54) is 0 Å². The molecule has 2 heterocycles. The summed E-state index contributed by atoms with van der Waals surface area (Å²) in [5.41, 5.74) is 0.562. The summed E-state index contributed by atoms with van der Waals surface area (Å²) in [6.07, 6.45) is 5.05. The van der Waals surface area contributed by atoms with Crippen molar-refractivity contribution in [3.8, 4) is 5.82 Å². The molecule has 0 aliphatic rings. The van der Waals surface area contributed by atoms with Crippen molar-refractivity contribution in [2.75, 3.05) is 33.4 Å². The number of nitrogens with one attached hydrogen (secondary N) is 2. The van der Waals surface area contributed by atoms with Gasteiger partial charge in [-0.25, -0.2) is 9.67 Å². The number of aromatic nitrogens is 3. The van der Waals surface area contributed by atoms with E-state index in [1.807, 2.05) is 0 Å². The summed E-state index contributed by atoms with van der Waals surface area (Å²) in [5, 5.41) is 10.1. The molecule has 2 aromatic heterocycles. The maximum atomic E-state index is 12.0. The lowest BCUT2D eigenvalue weighted by Crippen LogP contribution is -2.33. The van der Waals surface area contributed by atoms with Crippen LogP contribution in [0, 0.1) is 0 Å². The second-order valence-electron chi connectivity index (χ2n) is 4.35. The molecule has 0 saturated heterocycles. The molecule has 2 aromatic rings. The average molecular weight is 289 g/mol. The Balaban J connectivity index is 1.84. The van der Waals surface area contributed by atoms with Crippen molar-refractivity contribution in [2.24, 2.45) is 0 Å². The molecule has 0 spiro atoms. The Morgan fingerprint density at radius 3 is 3.00 bits per heavy atom. The SMILES string of the molecule is COCCNCCNC(=O)c1ccnc(-n2cccn2)c1. The van der Waals surface area contributed by atoms with Gasteiger partial charge in [0.05, 0.1) is 6.61 Å². The smallest absolute Gasteiger partial charge is 0.251 e. The maximum Gasteiger partial charge on any atom is 0.251 e. The van der Waals surface area contributed by atoms with E-state index >= 15 is 0 Å². The van der Waals surface area contributed by atoms with Gasteiger partial charge in [0.15, 0.2) is 5.82 Å². The predicted octanol–water partition coefficient (Wildman–Crippen LogP) is 0.233. The molecule has 21 heavy (non-hydrogen) atoms. The molecular formula is C14H19N5O2. The number of hydrogen-bond acceptors (Lipinski definition) is 5. The Morgan fingerprint density at radius 1 is 1.33 bits per heavy atom. The molecule has 0 radical (unpaired) electrons. The van der Waals surface area contributed by atoms with Gasteiger partial charge >= 0.3 is 0 Å². The highest BCUT2D eigenvalue weighted by Gasteiger charge is 2.07. The van der Waals surface area contributed by atoms with Gasteiger partial charge in [-0.1, -0.05) is 0 Å². The van der Waals surface area contributed by atoms with E-state index in [0.717, 1.165) is 6.54 Å². The zero-order valence-corrected chi connectivity index (χ0v) is 12.0. The first-order chi connectivity index (χ1) is 10.3. The van der Waals surface area contributed by atoms with E-state index < -0.39 is 0 Å². The van der Waals surface area contributed by atoms with E-state index in [9.17, 15) is 4.79 Å². The Hall–Kier alpha value is -2.25. The van der Waals surface area contributed by atoms with Crippen LogP contribution in [0.1, 0.15) is 10.4 Å². The van der Waals surface area contributed by atoms with E-state index in [1.54, 1.807) is 48.6 Å². The maximum absolute atomic E-state index is 12.0. The van der Waals surface area contributed by atoms with E-state index in [0.29, 0.717) is 31.1 Å². The highest BCUT2D eigenvalue weighted by atomic mass is 16.5. The number of methoxy groups -OCH3 is 1. The number of ether oxygens (including phenoxy) is 1. The molecule has 0 aromatic carbocycles. The molecule has 0 aliphatic carbocycles. The van der Waals surface area contributed by atoms with Gasteiger partial charge in [0.1, 0.15) is 0 Å². The van der Waals surface area contributed by atoms with Gasteiger partial charge < -0.3 is 15.4 Å². The minimum atomic E-state index is -0.126. The van der Waals surface area contributed by atoms with Crippen molar-refractivity contribution in [3.05, 3.63) is 42.4 Å². The minimum Gasteiger partial charge on any atom is -0.383 e. The normalized spacial score (nSPS) is 10.5. The van der Waals surface area contributed by atoms with Gasteiger partial charge in [0.25, 0.3) is 5.91 Å². The minimum absolute atomic E-state index is 0.126. The lowest BCUT2D eigenvalue weighted by Gasteiger charge is -2.07. The van der Waals surface area contributed by atoms with Crippen molar-refractivity contribution in [1.82, 2.24) is 25.4 Å². The Labute approximate surface area is 123 Å². The van der Waals surface area contributed by atoms with Gasteiger partial charge in [0, 0.05) is 50.9 Å². The van der Waals surface area contributed by atoms with Crippen molar-refractivity contribution in [3.63, 3.8) is 0 Å². The van der Waals surface area contributed by atoms with E-state index in [4.69, 9.17) is 4.74 Å². The fourth-order valence-electron chi connectivity index (χ4n) is 1.75. The summed E-state index contributed by atoms with van der Waals surface area (Å²) < 4.78 is 6.54. The second-order valence-corrected chi connectivity index (χ2v) is 4.35. The summed E-state index contributed by atoms with van der Waals surface area (Å²) in [7, 11) is 1.66. The van der Waals surface area contributed by atoms with Crippen LogP contribution in [-0.2, 0) is 4.74 Å². The lowest BCUT2D eigenvalue weighted by molar-refractivity contribution is 0.0953. The quantitative estimate of drug-likeness (QED) is 0.680. The van der Waals surface area contributed by atoms with Crippen molar-refractivity contribution >= 4 is 5.91 Å². The van der Waals surface area contributed by atoms with Crippen LogP contribution in [0.5, 0.6) is 0 Å². The molecule has 112 valence electrons. The zero-order valence-electron chi connectivity index (χ0n) is 12.0. The summed E-state index contributed by atoms with van der Waals surface area (Å²) >= 11 is 0. The van der Waals surface area contributed by atoms with Crippen molar-refractivity contribution in [1.29, 1.82) is 0 Å². The fourth-order valence-corrected chi connectivity index (χ4v) is 1.75. The Bertz CT molecular complexity index is 556. The predicted molar refractivity (Wildman–Crippen MR) is 78.4 cm³/mol. The van der Waals surface area contributed by atoms with E-state index in [-0.39, 0.29) is 5.91 Å². The van der Waals surface area contributed by atoms with Gasteiger partial charge in [-0.2, -0.15) is 5.10 Å². The summed E-state index contributed by atoms with van der Waals surface area (Å²) in [6, 6.07) is 5.20. The molecule has 1 amide bonds. The van der Waals surface area contributed by atoms with Gasteiger partial charge in [-0.3, -0.25) is 4.79 Å². The van der Waals surface area contributed by atoms with Crippen molar-refractivity contribution < 1.29 is 9.53 Å². The number of carbonyl (C=O) groups is 1. The molecule has 0 saturated carbocycles. The standard InChI is InChI=1S/C14H19N5O2/c1-21-10-8-15-6-7-17-14(20)12-3-5-16-13(11-12)19-9-2-4-18-19/h2-5,9,11,15H,6-8,10H2,1H3,(H,17,20). The summed E-state index contributed by atoms with van der Waals surface area (Å²) in [5.74, 6) is 0.491. The number of nitrogens with zero attached hydrogens (tertiary/aromatic N) is 3. The highest BCUT2D eigenvalue weighted by molar-refractivity contribution is 5.94. The van der Waals surface area contributed by atoms with Crippen LogP contribution < -0.4 is 10.6 Å². The van der Waals surface area contributed by atoms with Crippen LogP contribution in [0.15, 0.2) is 36.8 Å². The molecule has 2 N–H and O–H groups in total. The molecule has 0 fully saturated rings. The molecule has 0 aliphatic heterocycles. The fraction of sp³-hybridized carbons (Fsp3) is 0.357. The van der Waals surface area contributed by atoms with Gasteiger partial charge in [-0.15, -0.1) is 0 Å². The van der Waals surface area contributed by atoms with Gasteiger partial charge in [0.2, 0.25) is 0 Å². The first kappa shape index (κ1) is 15.1. The van der Waals surface area contributed by atoms with E-state index in [2.05, 4.69) is 20.7 Å². The molecule has 7 heteroatoms. The third-order valence-corrected chi connectivity index (χ3v) is 2.82. The largest absolute Gasteiger partial charge is 0.383 e. The average Bonchev–Trinajstić information content (AvgIpc) is 3.05. The Morgan fingerprint density at radius 2 is 2.24 bits per heavy atom. The third-order valence-electron chi connectivity index (χ3n) is 2.82. The van der Waals surface area contributed by atoms with Crippen LogP contribution in [0.3, 0.4) is 0 Å². The topological polar surface area (TPSA) is 81.1 Å². The molecule has 0 unspecified atom stereocenters. The van der Waals surface area contributed by atoms with Gasteiger partial charge in [-0.05, 0) is 18.2 Å². The number of hydrogen-bond donors (Lipinski definition) is 2. The van der Waals surface area contributed by atoms with Crippen LogP contribution in [0.25, 0.3) is 5.82 Å². The second kappa shape index (κ2) is 8.13. The van der Waals surface area contributed by atoms with Crippen LogP contribution in [-0.4, -0.2) is 54.0 Å². The first-order valence-electron chi connectivity index (χ1n) is 6.75. The number of pyridine rings is 1. The molecule has 0 bridgehead atoms. The van der Waals surface area contributed by atoms with Crippen molar-refractivity contribution in [2.45, 2.75) is 0 Å². The lowest BCUT2D eigenvalue weighted by atomic mass is 10.2. The highest BCUT2D eigenvalue weighted by Crippen LogP contribution is 2.05. The Kier molecular flexibility index (Phi) is 5.86. The number of rotatable bonds is 8. The number of amides is 1. The number of carbonyl (C=O) groups excluding carboxylic acids is 1. The molecular weight excluding hydrogens is 270 g/mol. The van der Waals surface area contributed by atoms with Crippen LogP contribution in [0.2, 0.25) is 0 Å². The monoisotopic (exact) mass is 289 g/mol.